The van der Waals surface area contributed by atoms with Crippen LogP contribution in [0.25, 0.3) is 21.5 Å². The summed E-state index contributed by atoms with van der Waals surface area (Å²) in [5.74, 6) is -2.85. The molecule has 18 nitrogen and oxygen atoms in total. The summed E-state index contributed by atoms with van der Waals surface area (Å²) < 4.78 is 0. The number of halogens is 2. The first-order valence-electron chi connectivity index (χ1n) is 19.9. The van der Waals surface area contributed by atoms with Gasteiger partial charge in [-0.15, -0.1) is 20.5 Å². The number of benzene rings is 8. The summed E-state index contributed by atoms with van der Waals surface area (Å²) in [6, 6.07) is 35.2. The van der Waals surface area contributed by atoms with Gasteiger partial charge in [0.25, 0.3) is 23.2 Å². The molecule has 0 aliphatic heterocycles. The van der Waals surface area contributed by atoms with E-state index in [2.05, 4.69) is 31.1 Å². The van der Waals surface area contributed by atoms with Gasteiger partial charge in [-0.3, -0.25) is 29.8 Å². The van der Waals surface area contributed by atoms with Gasteiger partial charge in [-0.25, -0.2) is 0 Å². The molecular formula is C48H34Cl2FeN8O10. The van der Waals surface area contributed by atoms with Gasteiger partial charge in [0.15, 0.2) is 11.5 Å². The summed E-state index contributed by atoms with van der Waals surface area (Å²) in [6.07, 6.45) is 0. The summed E-state index contributed by atoms with van der Waals surface area (Å²) >= 11 is 11.6. The topological polar surface area (TPSA) is 275 Å². The first kappa shape index (κ1) is 49.9. The molecule has 0 aromatic heterocycles. The van der Waals surface area contributed by atoms with E-state index in [4.69, 9.17) is 23.2 Å². The third kappa shape index (κ3) is 11.0. The molecular weight excluding hydrogens is 975 g/mol. The van der Waals surface area contributed by atoms with E-state index in [-0.39, 0.29) is 61.0 Å². The maximum absolute atomic E-state index is 13.0. The third-order valence-electron chi connectivity index (χ3n) is 10.3. The Bertz CT molecular complexity index is 3200. The summed E-state index contributed by atoms with van der Waals surface area (Å²) in [5.41, 5.74) is 1.32. The van der Waals surface area contributed by atoms with E-state index in [1.54, 1.807) is 72.8 Å². The van der Waals surface area contributed by atoms with Gasteiger partial charge >= 0.3 is 0 Å². The van der Waals surface area contributed by atoms with Crippen LogP contribution >= 0.6 is 23.2 Å². The van der Waals surface area contributed by atoms with Crippen LogP contribution in [-0.4, -0.2) is 42.1 Å². The predicted octanol–water partition coefficient (Wildman–Crippen LogP) is 13.6. The minimum atomic E-state index is -0.718. The largest absolute Gasteiger partial charge is 0.506 e. The first-order chi connectivity index (χ1) is 32.5. The van der Waals surface area contributed by atoms with Crippen LogP contribution in [0.5, 0.6) is 23.0 Å². The van der Waals surface area contributed by atoms with E-state index in [1.807, 2.05) is 38.1 Å². The Morgan fingerprint density at radius 3 is 1.23 bits per heavy atom. The molecule has 0 aliphatic carbocycles. The summed E-state index contributed by atoms with van der Waals surface area (Å²) in [4.78, 5) is 46.9. The van der Waals surface area contributed by atoms with Crippen LogP contribution in [0, 0.1) is 34.1 Å². The van der Waals surface area contributed by atoms with E-state index >= 15 is 0 Å². The van der Waals surface area contributed by atoms with E-state index in [0.29, 0.717) is 32.9 Å². The second-order valence-electron chi connectivity index (χ2n) is 14.7. The molecule has 0 atom stereocenters. The molecule has 0 saturated heterocycles. The second kappa shape index (κ2) is 21.4. The minimum absolute atomic E-state index is 0. The van der Waals surface area contributed by atoms with Gasteiger partial charge in [0, 0.05) is 63.5 Å². The molecule has 0 spiro atoms. The maximum Gasteiger partial charge on any atom is 0.290 e. The SMILES string of the molecule is Cc1ccccc1NC(=O)c1cc2ccccc2c(N=Nc2cc([N+](=O)[O-])c(Cl)cc2O)c1O.Cc1ccccc1NC(=O)c1cc2ccccc2c(N=Nc2cc([N+](=O)[O-])c(Cl)cc2O)c1O.[Fe]. The van der Waals surface area contributed by atoms with Crippen LogP contribution in [0.2, 0.25) is 10.0 Å². The van der Waals surface area contributed by atoms with Crippen molar-refractivity contribution in [3.8, 4) is 23.0 Å². The molecule has 348 valence electrons. The molecule has 8 aromatic carbocycles. The smallest absolute Gasteiger partial charge is 0.290 e. The van der Waals surface area contributed by atoms with Gasteiger partial charge in [-0.1, -0.05) is 108 Å². The number of aryl methyl sites for hydroxylation is 2. The van der Waals surface area contributed by atoms with Crippen molar-refractivity contribution >= 4 is 102 Å². The summed E-state index contributed by atoms with van der Waals surface area (Å²) in [7, 11) is 0. The number of amides is 2. The number of nitrogens with zero attached hydrogens (tertiary/aromatic N) is 6. The molecule has 6 N–H and O–H groups in total. The van der Waals surface area contributed by atoms with Crippen LogP contribution in [0.4, 0.5) is 45.5 Å². The predicted molar refractivity (Wildman–Crippen MR) is 257 cm³/mol. The number of nitro groups is 2. The van der Waals surface area contributed by atoms with Gasteiger partial charge < -0.3 is 31.1 Å². The van der Waals surface area contributed by atoms with Crippen LogP contribution in [0.1, 0.15) is 31.8 Å². The second-order valence-corrected chi connectivity index (χ2v) is 15.5. The Kier molecular flexibility index (Phi) is 15.5. The number of aromatic hydroxyl groups is 4. The first-order valence-corrected chi connectivity index (χ1v) is 20.7. The Labute approximate surface area is 411 Å². The van der Waals surface area contributed by atoms with Crippen molar-refractivity contribution in [2.45, 2.75) is 13.8 Å². The van der Waals surface area contributed by atoms with Crippen molar-refractivity contribution in [2.75, 3.05) is 10.6 Å². The normalized spacial score (nSPS) is 11.0. The van der Waals surface area contributed by atoms with Gasteiger partial charge in [0.1, 0.15) is 44.3 Å². The Morgan fingerprint density at radius 1 is 0.522 bits per heavy atom. The fraction of sp³-hybridized carbons (Fsp3) is 0.0417. The van der Waals surface area contributed by atoms with Crippen molar-refractivity contribution in [3.63, 3.8) is 0 Å². The van der Waals surface area contributed by atoms with Gasteiger partial charge in [0.2, 0.25) is 0 Å². The van der Waals surface area contributed by atoms with Crippen molar-refractivity contribution < 1.29 is 56.9 Å². The van der Waals surface area contributed by atoms with Crippen LogP contribution in [0.3, 0.4) is 0 Å². The Hall–Kier alpha value is -8.48. The molecule has 0 radical (unpaired) electrons. The standard InChI is InChI=1S/2C24H17ClN4O5.Fe/c2*1-13-6-2-5-9-18(13)26-24(32)16-10-14-7-3-4-8-15(14)22(23(16)31)28-27-19-12-20(29(33)34)17(25)11-21(19)30;/h2*2-12,30-31H,1H3,(H,26,32);. The number of hydrogen-bond donors (Lipinski definition) is 6. The van der Waals surface area contributed by atoms with E-state index in [1.165, 1.54) is 12.1 Å². The molecule has 0 saturated carbocycles. The number of carbonyl (C=O) groups excluding carboxylic acids is 2. The average Bonchev–Trinajstić information content (AvgIpc) is 3.30. The van der Waals surface area contributed by atoms with E-state index in [9.17, 15) is 50.2 Å². The maximum atomic E-state index is 13.0. The van der Waals surface area contributed by atoms with Crippen LogP contribution < -0.4 is 10.6 Å². The molecule has 69 heavy (non-hydrogen) atoms. The zero-order chi connectivity index (χ0) is 48.8. The number of rotatable bonds is 10. The zero-order valence-electron chi connectivity index (χ0n) is 35.7. The fourth-order valence-corrected chi connectivity index (χ4v) is 7.17. The third-order valence-corrected chi connectivity index (χ3v) is 10.9. The zero-order valence-corrected chi connectivity index (χ0v) is 38.3. The fourth-order valence-electron chi connectivity index (χ4n) is 6.72. The molecule has 0 bridgehead atoms. The van der Waals surface area contributed by atoms with Crippen molar-refractivity contribution in [2.24, 2.45) is 20.5 Å². The summed E-state index contributed by atoms with van der Waals surface area (Å²) in [5, 5.41) is 87.4. The van der Waals surface area contributed by atoms with Gasteiger partial charge in [-0.05, 0) is 60.0 Å². The van der Waals surface area contributed by atoms with Crippen LogP contribution in [0.15, 0.2) is 154 Å². The van der Waals surface area contributed by atoms with E-state index in [0.717, 1.165) is 35.4 Å². The number of nitro benzene ring substituents is 2. The average molecular weight is 1010 g/mol. The number of phenolic OH excluding ortho intramolecular Hbond substituents is 4. The van der Waals surface area contributed by atoms with Crippen molar-refractivity contribution in [3.05, 3.63) is 186 Å². The number of para-hydroxylation sites is 2. The van der Waals surface area contributed by atoms with Gasteiger partial charge in [0.05, 0.1) is 21.0 Å². The number of phenols is 4. The number of hydrogen-bond acceptors (Lipinski definition) is 14. The van der Waals surface area contributed by atoms with E-state index < -0.39 is 56.0 Å². The minimum Gasteiger partial charge on any atom is -0.506 e. The molecule has 8 aromatic rings. The molecule has 8 rings (SSSR count). The molecule has 0 heterocycles. The molecule has 0 unspecified atom stereocenters. The number of azo groups is 2. The number of fused-ring (bicyclic) bond motifs is 2. The quantitative estimate of drug-likeness (QED) is 0.0326. The van der Waals surface area contributed by atoms with Crippen molar-refractivity contribution in [1.29, 1.82) is 0 Å². The number of nitrogens with one attached hydrogen (secondary N) is 2. The van der Waals surface area contributed by atoms with Gasteiger partial charge in [-0.2, -0.15) is 0 Å². The summed E-state index contributed by atoms with van der Waals surface area (Å²) in [6.45, 7) is 3.68. The van der Waals surface area contributed by atoms with Crippen LogP contribution in [-0.2, 0) is 17.1 Å². The number of anilines is 2. The molecule has 0 aliphatic rings. The molecule has 2 amide bonds. The Morgan fingerprint density at radius 2 is 0.870 bits per heavy atom. The Balaban J connectivity index is 0.000000224. The molecule has 21 heteroatoms. The number of carbonyl (C=O) groups is 2. The molecule has 0 fully saturated rings. The monoisotopic (exact) mass is 1010 g/mol. The van der Waals surface area contributed by atoms with Crippen molar-refractivity contribution in [1.82, 2.24) is 0 Å².